The summed E-state index contributed by atoms with van der Waals surface area (Å²) in [5, 5.41) is 0. The molecular weight excluding hydrogens is 384 g/mol. The maximum absolute atomic E-state index is 12.9. The molecule has 4 rings (SSSR count). The van der Waals surface area contributed by atoms with Crippen LogP contribution in [0.15, 0.2) is 71.6 Å². The Hall–Kier alpha value is -2.63. The Morgan fingerprint density at radius 2 is 1.64 bits per heavy atom. The van der Waals surface area contributed by atoms with Crippen LogP contribution in [0.4, 0.5) is 0 Å². The Bertz CT molecular complexity index is 1070. The number of carbonyl (C=O) groups is 1. The molecule has 0 bridgehead atoms. The molecule has 140 valence electrons. The summed E-state index contributed by atoms with van der Waals surface area (Å²) in [6, 6.07) is 22.3. The molecule has 0 saturated carbocycles. The molecule has 2 aromatic carbocycles. The van der Waals surface area contributed by atoms with Crippen LogP contribution >= 0.6 is 24.0 Å². The lowest BCUT2D eigenvalue weighted by Crippen LogP contribution is -2.27. The summed E-state index contributed by atoms with van der Waals surface area (Å²) < 4.78 is 2.81. The van der Waals surface area contributed by atoms with Crippen LogP contribution in [0, 0.1) is 13.8 Å². The normalized spacial score (nSPS) is 15.6. The molecule has 1 fully saturated rings. The summed E-state index contributed by atoms with van der Waals surface area (Å²) >= 11 is 6.85. The van der Waals surface area contributed by atoms with E-state index >= 15 is 0 Å². The van der Waals surface area contributed by atoms with Gasteiger partial charge in [-0.2, -0.15) is 0 Å². The summed E-state index contributed by atoms with van der Waals surface area (Å²) in [6.07, 6.45) is 1.96. The highest BCUT2D eigenvalue weighted by Gasteiger charge is 2.32. The maximum Gasteiger partial charge on any atom is 0.266 e. The fourth-order valence-corrected chi connectivity index (χ4v) is 4.70. The van der Waals surface area contributed by atoms with E-state index in [1.165, 1.54) is 11.8 Å². The topological polar surface area (TPSA) is 25.2 Å². The van der Waals surface area contributed by atoms with E-state index in [0.29, 0.717) is 15.8 Å². The number of nitrogens with zero attached hydrogens (tertiary/aromatic N) is 2. The Morgan fingerprint density at radius 1 is 1.00 bits per heavy atom. The molecule has 0 spiro atoms. The molecule has 1 aromatic heterocycles. The molecule has 5 heteroatoms. The second kappa shape index (κ2) is 7.78. The van der Waals surface area contributed by atoms with E-state index in [4.69, 9.17) is 12.2 Å². The van der Waals surface area contributed by atoms with Gasteiger partial charge in [0.1, 0.15) is 4.32 Å². The third-order valence-electron chi connectivity index (χ3n) is 4.83. The number of hydrogen-bond acceptors (Lipinski definition) is 3. The summed E-state index contributed by atoms with van der Waals surface area (Å²) in [6.45, 7) is 4.67. The molecule has 0 radical (unpaired) electrons. The van der Waals surface area contributed by atoms with E-state index in [-0.39, 0.29) is 5.91 Å². The van der Waals surface area contributed by atoms with Gasteiger partial charge < -0.3 is 4.57 Å². The van der Waals surface area contributed by atoms with Crippen LogP contribution < -0.4 is 0 Å². The van der Waals surface area contributed by atoms with Gasteiger partial charge in [0.05, 0.1) is 11.4 Å². The molecule has 2 heterocycles. The van der Waals surface area contributed by atoms with E-state index in [9.17, 15) is 4.79 Å². The van der Waals surface area contributed by atoms with Crippen LogP contribution in [0.25, 0.3) is 11.8 Å². The Labute approximate surface area is 174 Å². The highest BCUT2D eigenvalue weighted by atomic mass is 32.2. The van der Waals surface area contributed by atoms with Gasteiger partial charge >= 0.3 is 0 Å². The van der Waals surface area contributed by atoms with Crippen molar-refractivity contribution in [3.05, 3.63) is 94.1 Å². The van der Waals surface area contributed by atoms with Crippen LogP contribution in [0.1, 0.15) is 22.5 Å². The minimum absolute atomic E-state index is 0.0247. The largest absolute Gasteiger partial charge is 0.318 e. The second-order valence-electron chi connectivity index (χ2n) is 6.75. The Kier molecular flexibility index (Phi) is 5.20. The van der Waals surface area contributed by atoms with E-state index < -0.39 is 0 Å². The first-order valence-electron chi connectivity index (χ1n) is 9.08. The zero-order valence-corrected chi connectivity index (χ0v) is 17.4. The van der Waals surface area contributed by atoms with E-state index in [2.05, 4.69) is 36.6 Å². The molecule has 28 heavy (non-hydrogen) atoms. The Balaban J connectivity index is 1.63. The van der Waals surface area contributed by atoms with Gasteiger partial charge in [0.15, 0.2) is 0 Å². The SMILES string of the molecule is Cc1cc(/C=C2/SC(=S)N(Cc3ccccc3)C2=O)c(C)n1-c1ccccc1. The first kappa shape index (κ1) is 18.7. The number of thioether (sulfide) groups is 1. The monoisotopic (exact) mass is 404 g/mol. The molecule has 1 amide bonds. The second-order valence-corrected chi connectivity index (χ2v) is 8.43. The van der Waals surface area contributed by atoms with Crippen molar-refractivity contribution in [3.63, 3.8) is 0 Å². The zero-order valence-electron chi connectivity index (χ0n) is 15.8. The molecular formula is C23H20N2OS2. The van der Waals surface area contributed by atoms with Gasteiger partial charge in [0.2, 0.25) is 0 Å². The fourth-order valence-electron chi connectivity index (χ4n) is 3.45. The molecule has 1 aliphatic rings. The third-order valence-corrected chi connectivity index (χ3v) is 6.21. The zero-order chi connectivity index (χ0) is 19.7. The maximum atomic E-state index is 12.9. The van der Waals surface area contributed by atoms with Crippen LogP contribution in [-0.2, 0) is 11.3 Å². The van der Waals surface area contributed by atoms with Gasteiger partial charge in [-0.05, 0) is 49.2 Å². The number of amides is 1. The number of carbonyl (C=O) groups excluding carboxylic acids is 1. The number of para-hydroxylation sites is 1. The number of aryl methyl sites for hydroxylation is 1. The summed E-state index contributed by atoms with van der Waals surface area (Å²) in [5.74, 6) is -0.0247. The van der Waals surface area contributed by atoms with Crippen molar-refractivity contribution in [2.75, 3.05) is 0 Å². The minimum Gasteiger partial charge on any atom is -0.318 e. The van der Waals surface area contributed by atoms with Crippen molar-refractivity contribution in [1.29, 1.82) is 0 Å². The highest BCUT2D eigenvalue weighted by Crippen LogP contribution is 2.34. The summed E-state index contributed by atoms with van der Waals surface area (Å²) in [4.78, 5) is 15.3. The van der Waals surface area contributed by atoms with Crippen LogP contribution in [0.3, 0.4) is 0 Å². The first-order chi connectivity index (χ1) is 13.5. The third kappa shape index (κ3) is 3.55. The number of aromatic nitrogens is 1. The van der Waals surface area contributed by atoms with Crippen molar-refractivity contribution in [2.45, 2.75) is 20.4 Å². The van der Waals surface area contributed by atoms with Gasteiger partial charge in [-0.3, -0.25) is 9.69 Å². The average molecular weight is 405 g/mol. The quantitative estimate of drug-likeness (QED) is 0.424. The molecule has 0 N–H and O–H groups in total. The summed E-state index contributed by atoms with van der Waals surface area (Å²) in [7, 11) is 0. The summed E-state index contributed by atoms with van der Waals surface area (Å²) in [5.41, 5.74) is 5.48. The van der Waals surface area contributed by atoms with Crippen LogP contribution in [0.5, 0.6) is 0 Å². The number of rotatable bonds is 4. The predicted octanol–water partition coefficient (Wildman–Crippen LogP) is 5.50. The standard InChI is InChI=1S/C23H20N2OS2/c1-16-13-19(17(2)25(16)20-11-7-4-8-12-20)14-21-22(26)24(23(27)28-21)15-18-9-5-3-6-10-18/h3-14H,15H2,1-2H3/b21-14+. The lowest BCUT2D eigenvalue weighted by molar-refractivity contribution is -0.122. The molecule has 0 unspecified atom stereocenters. The molecule has 3 nitrogen and oxygen atoms in total. The number of benzene rings is 2. The van der Waals surface area contributed by atoms with Gasteiger partial charge in [0.25, 0.3) is 5.91 Å². The lowest BCUT2D eigenvalue weighted by atomic mass is 10.2. The lowest BCUT2D eigenvalue weighted by Gasteiger charge is -2.14. The van der Waals surface area contributed by atoms with Crippen molar-refractivity contribution in [3.8, 4) is 5.69 Å². The number of hydrogen-bond donors (Lipinski definition) is 0. The predicted molar refractivity (Wildman–Crippen MR) is 120 cm³/mol. The average Bonchev–Trinajstić information content (AvgIpc) is 3.13. The van der Waals surface area contributed by atoms with Gasteiger partial charge in [-0.1, -0.05) is 72.5 Å². The molecule has 0 atom stereocenters. The van der Waals surface area contributed by atoms with E-state index in [1.54, 1.807) is 4.90 Å². The van der Waals surface area contributed by atoms with Crippen molar-refractivity contribution in [2.24, 2.45) is 0 Å². The van der Waals surface area contributed by atoms with E-state index in [1.807, 2.05) is 54.6 Å². The van der Waals surface area contributed by atoms with Crippen LogP contribution in [0.2, 0.25) is 0 Å². The molecule has 1 aliphatic heterocycles. The van der Waals surface area contributed by atoms with Crippen molar-refractivity contribution >= 4 is 40.3 Å². The highest BCUT2D eigenvalue weighted by molar-refractivity contribution is 8.26. The smallest absolute Gasteiger partial charge is 0.266 e. The minimum atomic E-state index is -0.0247. The fraction of sp³-hybridized carbons (Fsp3) is 0.130. The Morgan fingerprint density at radius 3 is 2.32 bits per heavy atom. The molecule has 0 aliphatic carbocycles. The molecule has 3 aromatic rings. The van der Waals surface area contributed by atoms with Gasteiger partial charge in [-0.15, -0.1) is 0 Å². The van der Waals surface area contributed by atoms with Crippen molar-refractivity contribution < 1.29 is 4.79 Å². The van der Waals surface area contributed by atoms with Gasteiger partial charge in [0, 0.05) is 17.1 Å². The van der Waals surface area contributed by atoms with Gasteiger partial charge in [-0.25, -0.2) is 0 Å². The molecule has 1 saturated heterocycles. The number of thiocarbonyl (C=S) groups is 1. The first-order valence-corrected chi connectivity index (χ1v) is 10.3. The van der Waals surface area contributed by atoms with Crippen LogP contribution in [-0.4, -0.2) is 19.7 Å². The van der Waals surface area contributed by atoms with Crippen molar-refractivity contribution in [1.82, 2.24) is 9.47 Å². The van der Waals surface area contributed by atoms with E-state index in [0.717, 1.165) is 28.2 Å².